The number of benzene rings is 2. The van der Waals surface area contributed by atoms with Crippen molar-refractivity contribution in [3.8, 4) is 22.9 Å². The molecule has 6 rings (SSSR count). The minimum absolute atomic E-state index is 0.333. The number of rotatable bonds is 6. The molecule has 0 unspecified atom stereocenters. The number of anilines is 1. The lowest BCUT2D eigenvalue weighted by atomic mass is 9.86. The van der Waals surface area contributed by atoms with Crippen molar-refractivity contribution in [3.63, 3.8) is 0 Å². The summed E-state index contributed by atoms with van der Waals surface area (Å²) < 4.78 is 5.93. The minimum Gasteiger partial charge on any atom is -0.439 e. The van der Waals surface area contributed by atoms with Gasteiger partial charge in [0, 0.05) is 23.1 Å². The lowest BCUT2D eigenvalue weighted by Crippen LogP contribution is -2.29. The molecule has 1 aliphatic carbocycles. The first-order valence-corrected chi connectivity index (χ1v) is 12.5. The fourth-order valence-electron chi connectivity index (χ4n) is 4.88. The molecule has 36 heavy (non-hydrogen) atoms. The van der Waals surface area contributed by atoms with Gasteiger partial charge in [-0.25, -0.2) is 15.0 Å². The largest absolute Gasteiger partial charge is 0.439 e. The summed E-state index contributed by atoms with van der Waals surface area (Å²) in [4.78, 5) is 13.7. The van der Waals surface area contributed by atoms with Crippen LogP contribution in [0, 0.1) is 5.92 Å². The predicted molar refractivity (Wildman–Crippen MR) is 142 cm³/mol. The zero-order valence-corrected chi connectivity index (χ0v) is 20.4. The number of pyridine rings is 1. The summed E-state index contributed by atoms with van der Waals surface area (Å²) in [6.07, 6.45) is 5.90. The molecule has 1 aliphatic rings. The number of halogens is 1. The van der Waals surface area contributed by atoms with Crippen LogP contribution < -0.4 is 15.8 Å². The van der Waals surface area contributed by atoms with Crippen molar-refractivity contribution in [1.82, 2.24) is 25.1 Å². The van der Waals surface area contributed by atoms with E-state index < -0.39 is 0 Å². The topological polar surface area (TPSA) is 115 Å². The molecule has 1 fully saturated rings. The summed E-state index contributed by atoms with van der Waals surface area (Å²) in [7, 11) is 0. The molecule has 3 heterocycles. The molecule has 182 valence electrons. The van der Waals surface area contributed by atoms with Crippen LogP contribution in [0.2, 0.25) is 5.02 Å². The number of aromatic amines is 1. The van der Waals surface area contributed by atoms with Crippen LogP contribution in [0.25, 0.3) is 33.2 Å². The Balaban J connectivity index is 1.36. The van der Waals surface area contributed by atoms with Gasteiger partial charge in [0.25, 0.3) is 0 Å². The van der Waals surface area contributed by atoms with E-state index in [1.807, 2.05) is 54.6 Å². The molecule has 8 nitrogen and oxygen atoms in total. The van der Waals surface area contributed by atoms with E-state index in [0.717, 1.165) is 71.3 Å². The predicted octanol–water partition coefficient (Wildman–Crippen LogP) is 5.94. The summed E-state index contributed by atoms with van der Waals surface area (Å²) in [5.41, 5.74) is 8.75. The Morgan fingerprint density at radius 3 is 2.67 bits per heavy atom. The fraction of sp³-hybridized carbons (Fsp3) is 0.259. The molecule has 3 aromatic heterocycles. The second-order valence-electron chi connectivity index (χ2n) is 9.21. The number of nitrogens with two attached hydrogens (primary N) is 1. The monoisotopic (exact) mass is 499 g/mol. The molecule has 0 amide bonds. The van der Waals surface area contributed by atoms with E-state index in [9.17, 15) is 0 Å². The molecule has 9 heteroatoms. The molecule has 4 N–H and O–H groups in total. The minimum atomic E-state index is 0.333. The van der Waals surface area contributed by atoms with Crippen LogP contribution in [0.1, 0.15) is 25.7 Å². The van der Waals surface area contributed by atoms with Crippen molar-refractivity contribution in [1.29, 1.82) is 0 Å². The number of aromatic nitrogens is 5. The zero-order valence-electron chi connectivity index (χ0n) is 19.6. The summed E-state index contributed by atoms with van der Waals surface area (Å²) in [6, 6.07) is 17.6. The molecule has 0 saturated heterocycles. The van der Waals surface area contributed by atoms with Crippen LogP contribution in [-0.2, 0) is 0 Å². The number of fused-ring (bicyclic) bond motifs is 2. The number of nitrogens with zero attached hydrogens (tertiary/aromatic N) is 4. The van der Waals surface area contributed by atoms with Crippen molar-refractivity contribution in [2.45, 2.75) is 31.7 Å². The number of ether oxygens (including phenoxy) is 1. The maximum absolute atomic E-state index is 6.76. The van der Waals surface area contributed by atoms with Gasteiger partial charge < -0.3 is 15.8 Å². The van der Waals surface area contributed by atoms with E-state index in [-0.39, 0.29) is 0 Å². The Morgan fingerprint density at radius 2 is 1.86 bits per heavy atom. The quantitative estimate of drug-likeness (QED) is 0.264. The van der Waals surface area contributed by atoms with Gasteiger partial charge in [-0.3, -0.25) is 5.10 Å². The third-order valence-corrected chi connectivity index (χ3v) is 7.17. The van der Waals surface area contributed by atoms with Gasteiger partial charge in [-0.05, 0) is 68.5 Å². The van der Waals surface area contributed by atoms with E-state index >= 15 is 0 Å². The first-order valence-electron chi connectivity index (χ1n) is 12.2. The molecular weight excluding hydrogens is 474 g/mol. The highest BCUT2D eigenvalue weighted by Crippen LogP contribution is 2.37. The van der Waals surface area contributed by atoms with Crippen molar-refractivity contribution >= 4 is 39.4 Å². The highest BCUT2D eigenvalue weighted by molar-refractivity contribution is 6.34. The maximum Gasteiger partial charge on any atom is 0.219 e. The first kappa shape index (κ1) is 22.7. The van der Waals surface area contributed by atoms with Crippen LogP contribution in [0.5, 0.6) is 11.6 Å². The number of nitrogens with one attached hydrogen (secondary N) is 2. The van der Waals surface area contributed by atoms with Crippen LogP contribution in [0.15, 0.2) is 60.9 Å². The molecule has 0 spiro atoms. The Morgan fingerprint density at radius 1 is 1.03 bits per heavy atom. The van der Waals surface area contributed by atoms with Crippen LogP contribution >= 0.6 is 11.6 Å². The number of hydrogen-bond donors (Lipinski definition) is 3. The second kappa shape index (κ2) is 9.72. The highest BCUT2D eigenvalue weighted by atomic mass is 35.5. The lowest BCUT2D eigenvalue weighted by Gasteiger charge is -2.28. The summed E-state index contributed by atoms with van der Waals surface area (Å²) in [5, 5.41) is 13.5. The molecule has 1 saturated carbocycles. The number of hydrogen-bond acceptors (Lipinski definition) is 7. The molecule has 0 aliphatic heterocycles. The SMILES string of the molecule is NCC1CCC(Nc2ncnc3n[nH]c(-c4cc5nc(Oc6ccccc6)ccc5cc4Cl)c23)CC1. The molecule has 5 aromatic rings. The third kappa shape index (κ3) is 4.45. The average Bonchev–Trinajstić information content (AvgIpc) is 3.34. The summed E-state index contributed by atoms with van der Waals surface area (Å²) in [6.45, 7) is 0.753. The normalized spacial score (nSPS) is 17.9. The van der Waals surface area contributed by atoms with Gasteiger partial charge in [0.15, 0.2) is 5.65 Å². The fourth-order valence-corrected chi connectivity index (χ4v) is 5.15. The lowest BCUT2D eigenvalue weighted by molar-refractivity contribution is 0.344. The van der Waals surface area contributed by atoms with E-state index in [1.54, 1.807) is 0 Å². The molecular formula is C27H26ClN7O. The van der Waals surface area contributed by atoms with Crippen LogP contribution in [0.4, 0.5) is 5.82 Å². The molecule has 2 aromatic carbocycles. The summed E-state index contributed by atoms with van der Waals surface area (Å²) >= 11 is 6.76. The first-order chi connectivity index (χ1) is 17.7. The molecule has 0 atom stereocenters. The van der Waals surface area contributed by atoms with Crippen LogP contribution in [0.3, 0.4) is 0 Å². The zero-order chi connectivity index (χ0) is 24.5. The van der Waals surface area contributed by atoms with E-state index in [2.05, 4.69) is 25.5 Å². The van der Waals surface area contributed by atoms with E-state index in [4.69, 9.17) is 27.1 Å². The third-order valence-electron chi connectivity index (χ3n) is 6.86. The van der Waals surface area contributed by atoms with Crippen molar-refractivity contribution in [3.05, 3.63) is 65.9 Å². The van der Waals surface area contributed by atoms with Gasteiger partial charge >= 0.3 is 0 Å². The molecule has 0 bridgehead atoms. The number of H-pyrrole nitrogens is 1. The van der Waals surface area contributed by atoms with Gasteiger partial charge in [-0.1, -0.05) is 29.8 Å². The highest BCUT2D eigenvalue weighted by Gasteiger charge is 2.23. The van der Waals surface area contributed by atoms with Crippen molar-refractivity contribution in [2.24, 2.45) is 11.7 Å². The Bertz CT molecular complexity index is 1510. The standard InChI is InChI=1S/C27H26ClN7O/c28-21-12-17-8-11-23(36-19-4-2-1-3-5-19)33-22(17)13-20(21)25-24-26(30-15-31-27(24)35-34-25)32-18-9-6-16(14-29)7-10-18/h1-5,8,11-13,15-16,18H,6-7,9-10,14,29H2,(H2,30,31,32,34,35). The van der Waals surface area contributed by atoms with Gasteiger partial charge in [-0.15, -0.1) is 0 Å². The van der Waals surface area contributed by atoms with Gasteiger partial charge in [-0.2, -0.15) is 5.10 Å². The van der Waals surface area contributed by atoms with Gasteiger partial charge in [0.2, 0.25) is 5.88 Å². The van der Waals surface area contributed by atoms with Gasteiger partial charge in [0.05, 0.1) is 21.6 Å². The van der Waals surface area contributed by atoms with Crippen molar-refractivity contribution in [2.75, 3.05) is 11.9 Å². The smallest absolute Gasteiger partial charge is 0.219 e. The second-order valence-corrected chi connectivity index (χ2v) is 9.61. The maximum atomic E-state index is 6.76. The van der Waals surface area contributed by atoms with Crippen molar-refractivity contribution < 1.29 is 4.74 Å². The van der Waals surface area contributed by atoms with Crippen LogP contribution in [-0.4, -0.2) is 37.7 Å². The summed E-state index contributed by atoms with van der Waals surface area (Å²) in [5.74, 6) is 2.60. The Labute approximate surface area is 213 Å². The molecule has 0 radical (unpaired) electrons. The average molecular weight is 500 g/mol. The van der Waals surface area contributed by atoms with E-state index in [1.165, 1.54) is 6.33 Å². The van der Waals surface area contributed by atoms with Gasteiger partial charge in [0.1, 0.15) is 17.9 Å². The Hall–Kier alpha value is -3.75. The van der Waals surface area contributed by atoms with E-state index in [0.29, 0.717) is 28.5 Å². The Kier molecular flexibility index (Phi) is 6.13. The number of para-hydroxylation sites is 1.